The third-order valence-corrected chi connectivity index (χ3v) is 6.92. The number of fused-ring (bicyclic) bond motifs is 8. The Morgan fingerprint density at radius 2 is 1.09 bits per heavy atom. The predicted molar refractivity (Wildman–Crippen MR) is 124 cm³/mol. The molecule has 2 atom stereocenters. The summed E-state index contributed by atoms with van der Waals surface area (Å²) in [5.41, 5.74) is 3.25. The average Bonchev–Trinajstić information content (AvgIpc) is 2.88. The molecule has 0 bridgehead atoms. The fourth-order valence-corrected chi connectivity index (χ4v) is 5.30. The first-order chi connectivity index (χ1) is 16.5. The molecule has 160 valence electrons. The number of carbonyl (C=O) groups excluding carboxylic acids is 4. The average molecular weight is 442 g/mol. The molecular weight excluding hydrogens is 428 g/mol. The van der Waals surface area contributed by atoms with Gasteiger partial charge >= 0.3 is 0 Å². The van der Waals surface area contributed by atoms with Crippen molar-refractivity contribution < 1.29 is 19.2 Å². The van der Waals surface area contributed by atoms with E-state index >= 15 is 0 Å². The first kappa shape index (κ1) is 18.9. The maximum atomic E-state index is 13.4. The van der Waals surface area contributed by atoms with Crippen LogP contribution in [0.1, 0.15) is 52.6 Å². The zero-order valence-electron chi connectivity index (χ0n) is 17.6. The summed E-state index contributed by atoms with van der Waals surface area (Å²) in [7, 11) is 0. The normalized spacial score (nSPS) is 20.4. The van der Waals surface area contributed by atoms with E-state index in [-0.39, 0.29) is 39.8 Å². The van der Waals surface area contributed by atoms with Crippen molar-refractivity contribution >= 4 is 45.2 Å². The molecule has 3 aromatic carbocycles. The highest BCUT2D eigenvalue weighted by Crippen LogP contribution is 2.38. The SMILES string of the molecule is O=C1c2ccccc2C(=O)c2c1ccc1nc3c4c(ccc3nc21)C(=O)C1C=CC=CC1C4=O. The van der Waals surface area contributed by atoms with Crippen LogP contribution in [-0.2, 0) is 0 Å². The molecule has 6 nitrogen and oxygen atoms in total. The maximum Gasteiger partial charge on any atom is 0.196 e. The zero-order chi connectivity index (χ0) is 23.1. The Balaban J connectivity index is 1.51. The third kappa shape index (κ3) is 2.29. The van der Waals surface area contributed by atoms with Gasteiger partial charge < -0.3 is 0 Å². The number of nitrogens with zero attached hydrogens (tertiary/aromatic N) is 2. The molecule has 1 aromatic heterocycles. The first-order valence-corrected chi connectivity index (χ1v) is 10.9. The van der Waals surface area contributed by atoms with Gasteiger partial charge in [0.15, 0.2) is 23.1 Å². The highest BCUT2D eigenvalue weighted by molar-refractivity contribution is 6.32. The van der Waals surface area contributed by atoms with Crippen LogP contribution in [0.25, 0.3) is 22.1 Å². The second kappa shape index (κ2) is 6.48. The Morgan fingerprint density at radius 1 is 0.529 bits per heavy atom. The number of Topliss-reactive ketones (excluding diaryl/α,β-unsaturated/α-hetero) is 2. The van der Waals surface area contributed by atoms with E-state index in [2.05, 4.69) is 4.98 Å². The van der Waals surface area contributed by atoms with Crippen LogP contribution >= 0.6 is 0 Å². The minimum atomic E-state index is -0.563. The Hall–Kier alpha value is -4.58. The summed E-state index contributed by atoms with van der Waals surface area (Å²) in [4.78, 5) is 62.3. The fourth-order valence-electron chi connectivity index (χ4n) is 5.30. The number of aromatic nitrogens is 2. The zero-order valence-corrected chi connectivity index (χ0v) is 17.6. The Morgan fingerprint density at radius 3 is 1.76 bits per heavy atom. The molecular formula is C28H14N2O4. The van der Waals surface area contributed by atoms with Gasteiger partial charge in [-0.25, -0.2) is 9.97 Å². The Bertz CT molecular complexity index is 1740. The minimum absolute atomic E-state index is 0.119. The summed E-state index contributed by atoms with van der Waals surface area (Å²) in [6.07, 6.45) is 7.07. The van der Waals surface area contributed by atoms with Crippen molar-refractivity contribution in [2.75, 3.05) is 0 Å². The van der Waals surface area contributed by atoms with Crippen molar-refractivity contribution in [3.8, 4) is 0 Å². The molecule has 1 heterocycles. The van der Waals surface area contributed by atoms with Crippen LogP contribution in [0.2, 0.25) is 0 Å². The van der Waals surface area contributed by atoms with E-state index in [1.54, 1.807) is 72.8 Å². The van der Waals surface area contributed by atoms with Crippen LogP contribution in [0.3, 0.4) is 0 Å². The molecule has 3 aliphatic rings. The largest absolute Gasteiger partial charge is 0.293 e. The topological polar surface area (TPSA) is 94.1 Å². The van der Waals surface area contributed by atoms with Gasteiger partial charge in [0, 0.05) is 22.3 Å². The van der Waals surface area contributed by atoms with Crippen LogP contribution in [0.4, 0.5) is 0 Å². The van der Waals surface area contributed by atoms with Gasteiger partial charge in [-0.3, -0.25) is 19.2 Å². The van der Waals surface area contributed by atoms with Crippen LogP contribution in [0.5, 0.6) is 0 Å². The predicted octanol–water partition coefficient (Wildman–Crippen LogP) is 4.30. The molecule has 2 unspecified atom stereocenters. The summed E-state index contributed by atoms with van der Waals surface area (Å²) < 4.78 is 0. The van der Waals surface area contributed by atoms with E-state index in [4.69, 9.17) is 4.98 Å². The van der Waals surface area contributed by atoms with Gasteiger partial charge in [0.2, 0.25) is 0 Å². The van der Waals surface area contributed by atoms with E-state index in [0.29, 0.717) is 38.8 Å². The third-order valence-electron chi connectivity index (χ3n) is 6.92. The summed E-state index contributed by atoms with van der Waals surface area (Å²) in [5, 5.41) is 0. The second-order valence-electron chi connectivity index (χ2n) is 8.69. The number of allylic oxidation sites excluding steroid dienone is 4. The number of hydrogen-bond acceptors (Lipinski definition) is 6. The van der Waals surface area contributed by atoms with E-state index in [9.17, 15) is 19.2 Å². The first-order valence-electron chi connectivity index (χ1n) is 10.9. The molecule has 0 N–H and O–H groups in total. The standard InChI is InChI=1S/C28H14N2O4/c31-25-13-5-1-3-7-15(13)27(33)21-17(25)9-11-19-23(21)29-20-12-10-18-22(24(20)30-19)28(34)16-8-4-2-6-14(16)26(18)32/h1-13,15H. The van der Waals surface area contributed by atoms with Gasteiger partial charge in [0.05, 0.1) is 34.0 Å². The van der Waals surface area contributed by atoms with Gasteiger partial charge in [0.25, 0.3) is 0 Å². The van der Waals surface area contributed by atoms with E-state index in [1.807, 2.05) is 0 Å². The summed E-state index contributed by atoms with van der Waals surface area (Å²) >= 11 is 0. The monoisotopic (exact) mass is 442 g/mol. The molecule has 3 aliphatic carbocycles. The van der Waals surface area contributed by atoms with Crippen molar-refractivity contribution in [3.05, 3.63) is 106 Å². The molecule has 0 aliphatic heterocycles. The van der Waals surface area contributed by atoms with Gasteiger partial charge in [0.1, 0.15) is 11.0 Å². The molecule has 6 heteroatoms. The van der Waals surface area contributed by atoms with Crippen molar-refractivity contribution in [2.24, 2.45) is 11.8 Å². The van der Waals surface area contributed by atoms with Gasteiger partial charge in [-0.05, 0) is 24.3 Å². The van der Waals surface area contributed by atoms with Crippen LogP contribution < -0.4 is 0 Å². The van der Waals surface area contributed by atoms with Gasteiger partial charge in [-0.2, -0.15) is 0 Å². The fraction of sp³-hybridized carbons (Fsp3) is 0.0714. The molecule has 0 spiro atoms. The van der Waals surface area contributed by atoms with Crippen molar-refractivity contribution in [1.82, 2.24) is 9.97 Å². The van der Waals surface area contributed by atoms with Gasteiger partial charge in [-0.15, -0.1) is 0 Å². The molecule has 7 rings (SSSR count). The number of benzene rings is 3. The lowest BCUT2D eigenvalue weighted by atomic mass is 9.72. The van der Waals surface area contributed by atoms with Crippen LogP contribution in [0.15, 0.2) is 72.8 Å². The molecule has 0 radical (unpaired) electrons. The second-order valence-corrected chi connectivity index (χ2v) is 8.69. The maximum absolute atomic E-state index is 13.4. The number of carbonyl (C=O) groups is 4. The summed E-state index contributed by atoms with van der Waals surface area (Å²) in [5.74, 6) is -1.87. The molecule has 0 saturated carbocycles. The number of rotatable bonds is 0. The number of hydrogen-bond donors (Lipinski definition) is 0. The smallest absolute Gasteiger partial charge is 0.196 e. The minimum Gasteiger partial charge on any atom is -0.293 e. The molecule has 0 amide bonds. The lowest BCUT2D eigenvalue weighted by Gasteiger charge is -2.28. The Labute approximate surface area is 192 Å². The lowest BCUT2D eigenvalue weighted by molar-refractivity contribution is 0.0803. The highest BCUT2D eigenvalue weighted by Gasteiger charge is 2.41. The molecule has 4 aromatic rings. The highest BCUT2D eigenvalue weighted by atomic mass is 16.1. The quantitative estimate of drug-likeness (QED) is 0.332. The Kier molecular flexibility index (Phi) is 3.61. The van der Waals surface area contributed by atoms with Crippen molar-refractivity contribution in [1.29, 1.82) is 0 Å². The van der Waals surface area contributed by atoms with Crippen molar-refractivity contribution in [3.63, 3.8) is 0 Å². The van der Waals surface area contributed by atoms with E-state index in [1.165, 1.54) is 0 Å². The van der Waals surface area contributed by atoms with Gasteiger partial charge in [-0.1, -0.05) is 48.6 Å². The number of ketones is 4. The summed E-state index contributed by atoms with van der Waals surface area (Å²) in [6, 6.07) is 13.2. The molecule has 34 heavy (non-hydrogen) atoms. The summed E-state index contributed by atoms with van der Waals surface area (Å²) in [6.45, 7) is 0. The molecule has 0 saturated heterocycles. The van der Waals surface area contributed by atoms with Crippen LogP contribution in [-0.4, -0.2) is 33.1 Å². The van der Waals surface area contributed by atoms with Crippen LogP contribution in [0, 0.1) is 11.8 Å². The van der Waals surface area contributed by atoms with Crippen molar-refractivity contribution in [2.45, 2.75) is 0 Å². The molecule has 0 fully saturated rings. The van der Waals surface area contributed by atoms with E-state index < -0.39 is 11.8 Å². The van der Waals surface area contributed by atoms with E-state index in [0.717, 1.165) is 0 Å². The lowest BCUT2D eigenvalue weighted by Crippen LogP contribution is -2.35.